The molecule has 0 fully saturated rings. The van der Waals surface area contributed by atoms with Gasteiger partial charge in [0.1, 0.15) is 17.4 Å². The highest BCUT2D eigenvalue weighted by Gasteiger charge is 2.05. The topological polar surface area (TPSA) is 34.2 Å². The second kappa shape index (κ2) is 7.99. The lowest BCUT2D eigenvalue weighted by molar-refractivity contribution is 0.302. The summed E-state index contributed by atoms with van der Waals surface area (Å²) in [5.74, 6) is 1.29. The van der Waals surface area contributed by atoms with Crippen molar-refractivity contribution in [1.82, 2.24) is 10.3 Å². The second-order valence-corrected chi connectivity index (χ2v) is 6.97. The average molecular weight is 345 g/mol. The molecule has 0 bridgehead atoms. The maximum absolute atomic E-state index is 5.93. The summed E-state index contributed by atoms with van der Waals surface area (Å²) < 4.78 is 5.66. The molecule has 0 unspecified atom stereocenters. The van der Waals surface area contributed by atoms with E-state index in [1.165, 1.54) is 0 Å². The Labute approximate surface area is 139 Å². The van der Waals surface area contributed by atoms with Crippen molar-refractivity contribution in [3.05, 3.63) is 44.3 Å². The van der Waals surface area contributed by atoms with Crippen LogP contribution in [-0.4, -0.2) is 11.5 Å². The van der Waals surface area contributed by atoms with E-state index in [1.54, 1.807) is 29.5 Å². The average Bonchev–Trinajstić information content (AvgIpc) is 2.83. The molecule has 0 amide bonds. The molecule has 0 saturated heterocycles. The van der Waals surface area contributed by atoms with Crippen molar-refractivity contribution in [3.63, 3.8) is 0 Å². The van der Waals surface area contributed by atoms with Crippen LogP contribution in [-0.2, 0) is 13.2 Å². The van der Waals surface area contributed by atoms with Crippen LogP contribution in [0.4, 0.5) is 0 Å². The van der Waals surface area contributed by atoms with Gasteiger partial charge in [0.15, 0.2) is 0 Å². The molecule has 1 heterocycles. The monoisotopic (exact) mass is 344 g/mol. The summed E-state index contributed by atoms with van der Waals surface area (Å²) in [5.41, 5.74) is 0.914. The van der Waals surface area contributed by atoms with Crippen molar-refractivity contribution < 1.29 is 4.74 Å². The number of halogens is 2. The van der Waals surface area contributed by atoms with Gasteiger partial charge in [0, 0.05) is 22.0 Å². The van der Waals surface area contributed by atoms with E-state index in [0.29, 0.717) is 28.3 Å². The number of hydrogen-bond donors (Lipinski definition) is 1. The van der Waals surface area contributed by atoms with Crippen molar-refractivity contribution in [2.24, 2.45) is 5.92 Å². The predicted octanol–water partition coefficient (Wildman–Crippen LogP) is 4.77. The first-order valence-electron chi connectivity index (χ1n) is 6.76. The second-order valence-electron chi connectivity index (χ2n) is 5.15. The molecule has 0 radical (unpaired) electrons. The van der Waals surface area contributed by atoms with Crippen LogP contribution in [0.1, 0.15) is 24.5 Å². The van der Waals surface area contributed by atoms with Gasteiger partial charge < -0.3 is 10.1 Å². The van der Waals surface area contributed by atoms with Gasteiger partial charge in [0.25, 0.3) is 0 Å². The molecule has 0 aliphatic rings. The predicted molar refractivity (Wildman–Crippen MR) is 89.5 cm³/mol. The van der Waals surface area contributed by atoms with Crippen LogP contribution in [0, 0.1) is 5.92 Å². The fourth-order valence-corrected chi connectivity index (χ4v) is 2.99. The zero-order valence-corrected chi connectivity index (χ0v) is 14.4. The third kappa shape index (κ3) is 5.83. The van der Waals surface area contributed by atoms with Gasteiger partial charge in [-0.25, -0.2) is 4.98 Å². The minimum absolute atomic E-state index is 0.414. The van der Waals surface area contributed by atoms with Crippen LogP contribution in [0.5, 0.6) is 5.75 Å². The number of nitrogens with zero attached hydrogens (tertiary/aromatic N) is 1. The summed E-state index contributed by atoms with van der Waals surface area (Å²) >= 11 is 13.5. The highest BCUT2D eigenvalue weighted by atomic mass is 35.5. The molecule has 0 aliphatic carbocycles. The van der Waals surface area contributed by atoms with Crippen LogP contribution in [0.25, 0.3) is 0 Å². The molecule has 1 aromatic heterocycles. The summed E-state index contributed by atoms with van der Waals surface area (Å²) in [6.07, 6.45) is 0. The lowest BCUT2D eigenvalue weighted by atomic mass is 10.2. The molecule has 3 nitrogen and oxygen atoms in total. The third-order valence-electron chi connectivity index (χ3n) is 2.65. The van der Waals surface area contributed by atoms with Crippen LogP contribution in [0.15, 0.2) is 23.6 Å². The van der Waals surface area contributed by atoms with Crippen molar-refractivity contribution >= 4 is 34.5 Å². The normalized spacial score (nSPS) is 11.1. The molecule has 1 N–H and O–H groups in total. The fourth-order valence-electron chi connectivity index (χ4n) is 1.73. The Morgan fingerprint density at radius 2 is 1.95 bits per heavy atom. The Bertz CT molecular complexity index is 567. The number of thiazole rings is 1. The minimum Gasteiger partial charge on any atom is -0.487 e. The fraction of sp³-hybridized carbons (Fsp3) is 0.400. The molecule has 6 heteroatoms. The molecule has 1 aromatic carbocycles. The summed E-state index contributed by atoms with van der Waals surface area (Å²) in [6.45, 7) is 6.57. The summed E-state index contributed by atoms with van der Waals surface area (Å²) in [7, 11) is 0. The number of benzene rings is 1. The van der Waals surface area contributed by atoms with E-state index in [-0.39, 0.29) is 0 Å². The van der Waals surface area contributed by atoms with Crippen molar-refractivity contribution in [2.75, 3.05) is 6.54 Å². The quantitative estimate of drug-likeness (QED) is 0.785. The lowest BCUT2D eigenvalue weighted by Gasteiger charge is -2.06. The number of hydrogen-bond acceptors (Lipinski definition) is 4. The van der Waals surface area contributed by atoms with Crippen LogP contribution >= 0.6 is 34.5 Å². The Morgan fingerprint density at radius 1 is 1.24 bits per heavy atom. The number of rotatable bonds is 7. The molecular formula is C15H18Cl2N2OS. The number of aromatic nitrogens is 1. The number of ether oxygens (including phenoxy) is 1. The van der Waals surface area contributed by atoms with E-state index in [1.807, 2.05) is 5.38 Å². The first-order valence-corrected chi connectivity index (χ1v) is 8.39. The molecule has 0 aliphatic heterocycles. The maximum Gasteiger partial charge on any atom is 0.131 e. The number of nitrogens with one attached hydrogen (secondary N) is 1. The standard InChI is InChI=1S/C15H18Cl2N2OS/c1-10(2)6-18-7-15-19-13(9-21-15)8-20-14-4-11(16)3-12(17)5-14/h3-5,9-10,18H,6-8H2,1-2H3. The van der Waals surface area contributed by atoms with Gasteiger partial charge in [0.2, 0.25) is 0 Å². The Kier molecular flexibility index (Phi) is 6.30. The molecule has 0 saturated carbocycles. The highest BCUT2D eigenvalue weighted by Crippen LogP contribution is 2.25. The Morgan fingerprint density at radius 3 is 2.62 bits per heavy atom. The largest absolute Gasteiger partial charge is 0.487 e. The van der Waals surface area contributed by atoms with Crippen LogP contribution < -0.4 is 10.1 Å². The Hall–Kier alpha value is -0.810. The van der Waals surface area contributed by atoms with Crippen LogP contribution in [0.3, 0.4) is 0 Å². The summed E-state index contributed by atoms with van der Waals surface area (Å²) in [6, 6.07) is 5.16. The van der Waals surface area contributed by atoms with Crippen molar-refractivity contribution in [2.45, 2.75) is 27.0 Å². The van der Waals surface area contributed by atoms with Gasteiger partial charge in [-0.2, -0.15) is 0 Å². The SMILES string of the molecule is CC(C)CNCc1nc(COc2cc(Cl)cc(Cl)c2)cs1. The smallest absolute Gasteiger partial charge is 0.131 e. The summed E-state index contributed by atoms with van der Waals surface area (Å²) in [4.78, 5) is 4.53. The first-order chi connectivity index (χ1) is 10.0. The van der Waals surface area contributed by atoms with Gasteiger partial charge in [-0.15, -0.1) is 11.3 Å². The Balaban J connectivity index is 1.85. The summed E-state index contributed by atoms with van der Waals surface area (Å²) in [5, 5.41) is 7.58. The molecular weight excluding hydrogens is 327 g/mol. The van der Waals surface area contributed by atoms with Gasteiger partial charge >= 0.3 is 0 Å². The molecule has 0 atom stereocenters. The molecule has 2 aromatic rings. The highest BCUT2D eigenvalue weighted by molar-refractivity contribution is 7.09. The van der Waals surface area contributed by atoms with Crippen molar-refractivity contribution in [3.8, 4) is 5.75 Å². The van der Waals surface area contributed by atoms with E-state index >= 15 is 0 Å². The maximum atomic E-state index is 5.93. The van der Waals surface area contributed by atoms with E-state index in [9.17, 15) is 0 Å². The zero-order chi connectivity index (χ0) is 15.2. The zero-order valence-electron chi connectivity index (χ0n) is 12.0. The van der Waals surface area contributed by atoms with E-state index in [4.69, 9.17) is 27.9 Å². The van der Waals surface area contributed by atoms with Gasteiger partial charge in [-0.3, -0.25) is 0 Å². The van der Waals surface area contributed by atoms with Crippen LogP contribution in [0.2, 0.25) is 10.0 Å². The van der Waals surface area contributed by atoms with Crippen molar-refractivity contribution in [1.29, 1.82) is 0 Å². The minimum atomic E-state index is 0.414. The van der Waals surface area contributed by atoms with E-state index in [2.05, 4.69) is 24.1 Å². The van der Waals surface area contributed by atoms with Gasteiger partial charge in [0.05, 0.1) is 5.69 Å². The lowest BCUT2D eigenvalue weighted by Crippen LogP contribution is -2.18. The third-order valence-corrected chi connectivity index (χ3v) is 3.98. The molecule has 2 rings (SSSR count). The molecule has 21 heavy (non-hydrogen) atoms. The van der Waals surface area contributed by atoms with E-state index < -0.39 is 0 Å². The van der Waals surface area contributed by atoms with Gasteiger partial charge in [-0.1, -0.05) is 37.0 Å². The van der Waals surface area contributed by atoms with Gasteiger partial charge in [-0.05, 0) is 30.7 Å². The molecule has 0 spiro atoms. The first kappa shape index (κ1) is 16.6. The van der Waals surface area contributed by atoms with E-state index in [0.717, 1.165) is 23.8 Å². The molecule has 114 valence electrons.